The van der Waals surface area contributed by atoms with Gasteiger partial charge in [0.1, 0.15) is 32.9 Å². The second kappa shape index (κ2) is 28.4. The Bertz CT molecular complexity index is 3030. The predicted octanol–water partition coefficient (Wildman–Crippen LogP) is -4.86. The number of azo groups is 2. The van der Waals surface area contributed by atoms with Crippen LogP contribution in [0.15, 0.2) is 127 Å². The van der Waals surface area contributed by atoms with Gasteiger partial charge in [-0.05, 0) is 72.3 Å². The van der Waals surface area contributed by atoms with Gasteiger partial charge in [0.25, 0.3) is 0 Å². The van der Waals surface area contributed by atoms with Gasteiger partial charge in [-0.2, -0.15) is 14.9 Å². The van der Waals surface area contributed by atoms with Crippen LogP contribution < -0.4 is 91.3 Å². The number of nitriles is 2. The third-order valence-electron chi connectivity index (χ3n) is 7.22. The van der Waals surface area contributed by atoms with Gasteiger partial charge in [-0.1, -0.05) is 53.8 Å². The van der Waals surface area contributed by atoms with Crippen molar-refractivity contribution < 1.29 is 129 Å². The molecule has 0 aliphatic rings. The fraction of sp³-hybridized carbons (Fsp3) is 0.0833. The van der Waals surface area contributed by atoms with Crippen LogP contribution in [0.4, 0.5) is 44.4 Å². The molecule has 0 radical (unpaired) electrons. The third-order valence-corrected chi connectivity index (χ3v) is 9.56. The van der Waals surface area contributed by atoms with Gasteiger partial charge in [0, 0.05) is 34.3 Å². The summed E-state index contributed by atoms with van der Waals surface area (Å²) in [6.45, 7) is 1.73. The normalized spacial score (nSPS) is 10.9. The number of aromatic nitrogens is 1. The number of para-hydroxylation sites is 2. The van der Waals surface area contributed by atoms with Crippen LogP contribution in [0.1, 0.15) is 16.7 Å². The molecule has 2 heterocycles. The van der Waals surface area contributed by atoms with Gasteiger partial charge in [-0.3, -0.25) is 5.04 Å². The average molecular weight is 966 g/mol. The molecule has 0 saturated heterocycles. The van der Waals surface area contributed by atoms with Crippen LogP contribution in [0.25, 0.3) is 10.8 Å². The fourth-order valence-corrected chi connectivity index (χ4v) is 6.89. The number of benzene rings is 4. The summed E-state index contributed by atoms with van der Waals surface area (Å²) in [7, 11) is -12.7. The predicted molar refractivity (Wildman–Crippen MR) is 222 cm³/mol. The summed E-state index contributed by atoms with van der Waals surface area (Å²) in [5.74, 6) is 0.636. The fourth-order valence-electron chi connectivity index (χ4n) is 4.89. The number of nitrogens with zero attached hydrogens (tertiary/aromatic N) is 7. The topological polar surface area (TPSA) is 347 Å². The van der Waals surface area contributed by atoms with E-state index in [1.54, 1.807) is 6.92 Å². The second-order valence-electron chi connectivity index (χ2n) is 12.0. The Morgan fingerprint density at radius 3 is 1.76 bits per heavy atom. The standard InChI is InChI=1S/C34H23N9O6S3.2CH4O3S.4Li/c1-20-28(19-36)32(37-23-8-4-2-5-9-23)39-33(38-24-10-6-3-7-11-24)31(20)42-43-34-22(18-35)16-30(50-34)41-40-25-12-13-27-21(14-25)15-26(51-49-48-44)17-29(27)52(45,46)47;2*1-5(2,3)4;;;;/h2-17,44H,1H3,(H2,37,38,39)(H,45,46,47);2*1H3,(H,2,3,4);;;;/q;;;4*+1/p-4. The van der Waals surface area contributed by atoms with Gasteiger partial charge in [0.2, 0.25) is 0 Å². The van der Waals surface area contributed by atoms with E-state index in [1.165, 1.54) is 30.3 Å². The number of thiophene rings is 1. The van der Waals surface area contributed by atoms with E-state index in [-0.39, 0.29) is 113 Å². The van der Waals surface area contributed by atoms with Crippen molar-refractivity contribution in [1.82, 2.24) is 4.98 Å². The number of hydrogen-bond acceptors (Lipinski definition) is 23. The van der Waals surface area contributed by atoms with Crippen molar-refractivity contribution in [2.24, 2.45) is 20.5 Å². The largest absolute Gasteiger partial charge is 1.00 e. The minimum absolute atomic E-state index is 0. The molecule has 0 atom stereocenters. The van der Waals surface area contributed by atoms with Crippen LogP contribution >= 0.6 is 23.4 Å². The van der Waals surface area contributed by atoms with Crippen molar-refractivity contribution in [1.29, 1.82) is 10.5 Å². The van der Waals surface area contributed by atoms with E-state index in [0.29, 0.717) is 52.1 Å². The van der Waals surface area contributed by atoms with E-state index < -0.39 is 35.2 Å². The number of nitrogens with one attached hydrogen (secondary N) is 2. The molecule has 2 aromatic heterocycles. The summed E-state index contributed by atoms with van der Waals surface area (Å²) in [4.78, 5) is 4.31. The second-order valence-corrected chi connectivity index (χ2v) is 17.9. The molecule has 2 N–H and O–H groups in total. The summed E-state index contributed by atoms with van der Waals surface area (Å²) in [5.41, 5.74) is 2.93. The Hall–Kier alpha value is -3.88. The van der Waals surface area contributed by atoms with E-state index in [0.717, 1.165) is 28.8 Å². The zero-order valence-electron chi connectivity index (χ0n) is 35.8. The van der Waals surface area contributed by atoms with Crippen molar-refractivity contribution in [3.05, 3.63) is 114 Å². The molecule has 4 aromatic carbocycles. The molecule has 0 unspecified atom stereocenters. The maximum Gasteiger partial charge on any atom is 1.00 e. The van der Waals surface area contributed by atoms with Crippen molar-refractivity contribution in [3.63, 3.8) is 0 Å². The van der Waals surface area contributed by atoms with E-state index in [9.17, 15) is 28.8 Å². The van der Waals surface area contributed by atoms with E-state index >= 15 is 0 Å². The molecule has 21 nitrogen and oxygen atoms in total. The van der Waals surface area contributed by atoms with Crippen LogP contribution in [-0.2, 0) is 39.7 Å². The zero-order chi connectivity index (χ0) is 45.7. The Morgan fingerprint density at radius 1 is 0.712 bits per heavy atom. The van der Waals surface area contributed by atoms with Gasteiger partial charge >= 0.3 is 75.4 Å². The van der Waals surface area contributed by atoms with Crippen LogP contribution in [0.5, 0.6) is 0 Å². The van der Waals surface area contributed by atoms with Gasteiger partial charge in [0.15, 0.2) is 16.6 Å². The van der Waals surface area contributed by atoms with E-state index in [4.69, 9.17) is 30.9 Å². The Kier molecular flexibility index (Phi) is 26.8. The number of pyridine rings is 1. The van der Waals surface area contributed by atoms with Crippen LogP contribution in [-0.4, -0.2) is 56.4 Å². The number of anilines is 4. The average Bonchev–Trinajstić information content (AvgIpc) is 3.60. The minimum Gasteiger partial charge on any atom is -0.748 e. The Morgan fingerprint density at radius 2 is 1.26 bits per heavy atom. The third kappa shape index (κ3) is 20.5. The van der Waals surface area contributed by atoms with E-state index in [2.05, 4.69) is 52.6 Å². The molecule has 0 bridgehead atoms. The maximum absolute atomic E-state index is 11.9. The molecule has 6 aromatic rings. The summed E-state index contributed by atoms with van der Waals surface area (Å²) < 4.78 is 94.4. The Balaban J connectivity index is 0.00000273. The molecule has 0 saturated carbocycles. The van der Waals surface area contributed by atoms with Crippen LogP contribution in [0, 0.1) is 29.6 Å². The molecule has 322 valence electrons. The molecular formula is C36H27Li4N9O12S5. The quantitative estimate of drug-likeness (QED) is 0.0290. The Labute approximate surface area is 435 Å². The molecule has 0 amide bonds. The first kappa shape index (κ1) is 62.1. The maximum atomic E-state index is 11.9. The van der Waals surface area contributed by atoms with Gasteiger partial charge < -0.3 is 29.5 Å². The van der Waals surface area contributed by atoms with Crippen molar-refractivity contribution in [2.75, 3.05) is 23.1 Å². The van der Waals surface area contributed by atoms with Gasteiger partial charge in [-0.25, -0.2) is 30.2 Å². The first-order valence-corrected chi connectivity index (χ1v) is 23.2. The zero-order valence-corrected chi connectivity index (χ0v) is 39.9. The molecule has 66 heavy (non-hydrogen) atoms. The smallest absolute Gasteiger partial charge is 0.748 e. The first-order chi connectivity index (χ1) is 29.2. The van der Waals surface area contributed by atoms with Crippen LogP contribution in [0.2, 0.25) is 0 Å². The van der Waals surface area contributed by atoms with Crippen molar-refractivity contribution >= 4 is 109 Å². The SMILES string of the molecule is CS(=O)(=O)[O-].CS(=O)(=O)[O-].Cc1c(C#N)c(Nc2ccccc2)nc(Nc2ccccc2)c1N=Nc1sc(N=Nc2ccc3c(S(=O)(=O)[O-])cc(SOO[O-])cc3c2)cc1C#N.[Li+].[Li+].[Li+].[Li+]. The van der Waals surface area contributed by atoms with Gasteiger partial charge in [0.05, 0.1) is 54.0 Å². The molecule has 0 aliphatic heterocycles. The summed E-state index contributed by atoms with van der Waals surface area (Å²) >= 11 is 1.46. The molecule has 0 spiro atoms. The van der Waals surface area contributed by atoms with Gasteiger partial charge in [-0.15, -0.1) is 20.5 Å². The summed E-state index contributed by atoms with van der Waals surface area (Å²) in [5, 5.41) is 58.2. The number of hydrogen-bond donors (Lipinski definition) is 2. The molecule has 0 fully saturated rings. The summed E-state index contributed by atoms with van der Waals surface area (Å²) in [6.07, 6.45) is 1.21. The minimum atomic E-state index is -4.88. The summed E-state index contributed by atoms with van der Waals surface area (Å²) in [6, 6.07) is 31.2. The number of rotatable bonds is 12. The molecule has 0 aliphatic carbocycles. The van der Waals surface area contributed by atoms with Crippen molar-refractivity contribution in [3.8, 4) is 12.1 Å². The van der Waals surface area contributed by atoms with E-state index in [1.807, 2.05) is 60.7 Å². The van der Waals surface area contributed by atoms with Crippen LogP contribution in [0.3, 0.4) is 0 Å². The first-order valence-electron chi connectivity index (χ1n) is 16.6. The molecule has 30 heteroatoms. The molecule has 6 rings (SSSR count). The van der Waals surface area contributed by atoms with Crippen molar-refractivity contribution in [2.45, 2.75) is 16.7 Å². The monoisotopic (exact) mass is 965 g/mol. The molecular weight excluding hydrogens is 939 g/mol. The number of fused-ring (bicyclic) bond motifs is 1.